The van der Waals surface area contributed by atoms with Crippen LogP contribution in [0, 0.1) is 5.41 Å². The molecule has 1 aromatic rings. The summed E-state index contributed by atoms with van der Waals surface area (Å²) in [4.78, 5) is 6.95. The van der Waals surface area contributed by atoms with Gasteiger partial charge in [-0.05, 0) is 18.9 Å². The molecule has 1 aliphatic heterocycles. The minimum atomic E-state index is 0.374. The van der Waals surface area contributed by atoms with Gasteiger partial charge in [0.2, 0.25) is 0 Å². The van der Waals surface area contributed by atoms with E-state index in [1.807, 2.05) is 24.3 Å². The zero-order valence-electron chi connectivity index (χ0n) is 11.3. The highest BCUT2D eigenvalue weighted by Gasteiger charge is 2.37. The molecule has 0 spiro atoms. The minimum absolute atomic E-state index is 0.374. The van der Waals surface area contributed by atoms with Crippen molar-refractivity contribution in [3.05, 3.63) is 29.8 Å². The van der Waals surface area contributed by atoms with E-state index in [-0.39, 0.29) is 0 Å². The molecule has 1 heterocycles. The van der Waals surface area contributed by atoms with Gasteiger partial charge in [0.15, 0.2) is 0 Å². The van der Waals surface area contributed by atoms with Crippen LogP contribution in [0.5, 0.6) is 0 Å². The van der Waals surface area contributed by atoms with E-state index in [1.54, 1.807) is 0 Å². The van der Waals surface area contributed by atoms with Crippen molar-refractivity contribution in [2.24, 2.45) is 4.99 Å². The summed E-state index contributed by atoms with van der Waals surface area (Å²) >= 11 is 0. The number of hydrogen-bond donors (Lipinski definition) is 2. The standard InChI is InChI=1S/C15H20N4/c1-19-13-9-5-4-8-12(13)18-15(19)14(17)10-6-2-3-7-11(10)16/h2-3,6-7,12-13,17H,4-5,8-9,16H2,1H3. The van der Waals surface area contributed by atoms with Crippen LogP contribution in [-0.2, 0) is 0 Å². The molecule has 19 heavy (non-hydrogen) atoms. The Morgan fingerprint density at radius 3 is 2.79 bits per heavy atom. The minimum Gasteiger partial charge on any atom is -0.398 e. The molecule has 0 aromatic heterocycles. The number of benzene rings is 1. The van der Waals surface area contributed by atoms with Gasteiger partial charge in [-0.1, -0.05) is 31.0 Å². The summed E-state index contributed by atoms with van der Waals surface area (Å²) in [6, 6.07) is 8.41. The molecule has 4 nitrogen and oxygen atoms in total. The van der Waals surface area contributed by atoms with E-state index in [1.165, 1.54) is 19.3 Å². The Bertz CT molecular complexity index is 535. The van der Waals surface area contributed by atoms with E-state index in [2.05, 4.69) is 11.9 Å². The maximum Gasteiger partial charge on any atom is 0.150 e. The summed E-state index contributed by atoms with van der Waals surface area (Å²) < 4.78 is 0. The number of hydrogen-bond acceptors (Lipinski definition) is 4. The smallest absolute Gasteiger partial charge is 0.150 e. The summed E-state index contributed by atoms with van der Waals surface area (Å²) in [5, 5.41) is 8.40. The van der Waals surface area contributed by atoms with Crippen LogP contribution in [0.25, 0.3) is 0 Å². The average molecular weight is 256 g/mol. The van der Waals surface area contributed by atoms with Gasteiger partial charge in [0.25, 0.3) is 0 Å². The number of nitrogens with one attached hydrogen (secondary N) is 1. The molecule has 100 valence electrons. The Balaban J connectivity index is 1.90. The molecule has 3 rings (SSSR count). The largest absolute Gasteiger partial charge is 0.398 e. The number of para-hydroxylation sites is 1. The molecule has 0 bridgehead atoms. The van der Waals surface area contributed by atoms with Crippen LogP contribution < -0.4 is 5.73 Å². The molecule has 1 aromatic carbocycles. The van der Waals surface area contributed by atoms with Gasteiger partial charge in [-0.15, -0.1) is 0 Å². The predicted octanol–water partition coefficient (Wildman–Crippen LogP) is 2.29. The highest BCUT2D eigenvalue weighted by molar-refractivity contribution is 6.47. The van der Waals surface area contributed by atoms with Gasteiger partial charge in [0.1, 0.15) is 11.5 Å². The van der Waals surface area contributed by atoms with E-state index in [4.69, 9.17) is 16.1 Å². The number of anilines is 1. The van der Waals surface area contributed by atoms with E-state index in [0.29, 0.717) is 23.5 Å². The molecule has 3 N–H and O–H groups in total. The van der Waals surface area contributed by atoms with Gasteiger partial charge >= 0.3 is 0 Å². The lowest BCUT2D eigenvalue weighted by Gasteiger charge is -2.30. The third kappa shape index (κ3) is 2.01. The van der Waals surface area contributed by atoms with Crippen molar-refractivity contribution < 1.29 is 0 Å². The molecular formula is C15H20N4. The second kappa shape index (κ2) is 4.68. The number of amidine groups is 1. The van der Waals surface area contributed by atoms with Gasteiger partial charge < -0.3 is 10.6 Å². The van der Waals surface area contributed by atoms with E-state index in [9.17, 15) is 0 Å². The predicted molar refractivity (Wildman–Crippen MR) is 78.9 cm³/mol. The van der Waals surface area contributed by atoms with Crippen LogP contribution in [-0.4, -0.2) is 35.6 Å². The van der Waals surface area contributed by atoms with Gasteiger partial charge in [-0.3, -0.25) is 10.4 Å². The number of nitrogen functional groups attached to an aromatic ring is 1. The normalized spacial score (nSPS) is 25.9. The number of fused-ring (bicyclic) bond motifs is 1. The third-order valence-electron chi connectivity index (χ3n) is 4.27. The number of aliphatic imine (C=N–C) groups is 1. The van der Waals surface area contributed by atoms with Crippen molar-refractivity contribution in [3.63, 3.8) is 0 Å². The lowest BCUT2D eigenvalue weighted by atomic mass is 9.91. The molecule has 2 atom stereocenters. The number of rotatable bonds is 2. The van der Waals surface area contributed by atoms with E-state index in [0.717, 1.165) is 17.8 Å². The van der Waals surface area contributed by atoms with Crippen LogP contribution in [0.4, 0.5) is 5.69 Å². The lowest BCUT2D eigenvalue weighted by Crippen LogP contribution is -2.40. The highest BCUT2D eigenvalue weighted by atomic mass is 15.3. The molecule has 0 saturated heterocycles. The summed E-state index contributed by atoms with van der Waals surface area (Å²) in [7, 11) is 2.06. The topological polar surface area (TPSA) is 65.5 Å². The van der Waals surface area contributed by atoms with Crippen LogP contribution >= 0.6 is 0 Å². The molecule has 2 unspecified atom stereocenters. The van der Waals surface area contributed by atoms with Crippen LogP contribution in [0.2, 0.25) is 0 Å². The second-order valence-electron chi connectivity index (χ2n) is 5.45. The first-order chi connectivity index (χ1) is 9.18. The monoisotopic (exact) mass is 256 g/mol. The first-order valence-electron chi connectivity index (χ1n) is 6.93. The van der Waals surface area contributed by atoms with Crippen molar-refractivity contribution in [3.8, 4) is 0 Å². The van der Waals surface area contributed by atoms with Crippen molar-refractivity contribution in [2.45, 2.75) is 37.8 Å². The van der Waals surface area contributed by atoms with Gasteiger partial charge in [0, 0.05) is 18.3 Å². The van der Waals surface area contributed by atoms with E-state index >= 15 is 0 Å². The first kappa shape index (κ1) is 12.2. The zero-order valence-corrected chi connectivity index (χ0v) is 11.3. The van der Waals surface area contributed by atoms with Gasteiger partial charge in [-0.25, -0.2) is 0 Å². The summed E-state index contributed by atoms with van der Waals surface area (Å²) in [5.41, 5.74) is 7.86. The third-order valence-corrected chi connectivity index (χ3v) is 4.27. The van der Waals surface area contributed by atoms with Crippen LogP contribution in [0.1, 0.15) is 31.2 Å². The van der Waals surface area contributed by atoms with Crippen molar-refractivity contribution in [2.75, 3.05) is 12.8 Å². The molecule has 0 radical (unpaired) electrons. The average Bonchev–Trinajstić information content (AvgIpc) is 2.77. The SMILES string of the molecule is CN1C(C(=N)c2ccccc2N)=NC2CCCCC21. The highest BCUT2D eigenvalue weighted by Crippen LogP contribution is 2.30. The van der Waals surface area contributed by atoms with Gasteiger partial charge in [-0.2, -0.15) is 0 Å². The van der Waals surface area contributed by atoms with Crippen molar-refractivity contribution in [1.29, 1.82) is 5.41 Å². The fraction of sp³-hybridized carbons (Fsp3) is 0.467. The molecule has 1 aliphatic carbocycles. The summed E-state index contributed by atoms with van der Waals surface area (Å²) in [6.45, 7) is 0. The summed E-state index contributed by atoms with van der Waals surface area (Å²) in [6.07, 6.45) is 4.86. The quantitative estimate of drug-likeness (QED) is 0.630. The van der Waals surface area contributed by atoms with Crippen LogP contribution in [0.3, 0.4) is 0 Å². The first-order valence-corrected chi connectivity index (χ1v) is 6.93. The fourth-order valence-electron chi connectivity index (χ4n) is 3.19. The van der Waals surface area contributed by atoms with Crippen molar-refractivity contribution >= 4 is 17.2 Å². The zero-order chi connectivity index (χ0) is 13.4. The maximum atomic E-state index is 8.40. The molecule has 4 heteroatoms. The molecule has 2 aliphatic rings. The Morgan fingerprint density at radius 2 is 2.05 bits per heavy atom. The Kier molecular flexibility index (Phi) is 3.01. The summed E-state index contributed by atoms with van der Waals surface area (Å²) in [5.74, 6) is 0.801. The molecular weight excluding hydrogens is 236 g/mol. The number of likely N-dealkylation sites (N-methyl/N-ethyl adjacent to an activating group) is 1. The second-order valence-corrected chi connectivity index (χ2v) is 5.45. The fourth-order valence-corrected chi connectivity index (χ4v) is 3.19. The Morgan fingerprint density at radius 1 is 1.32 bits per heavy atom. The maximum absolute atomic E-state index is 8.40. The lowest BCUT2D eigenvalue weighted by molar-refractivity contribution is 0.277. The van der Waals surface area contributed by atoms with Gasteiger partial charge in [0.05, 0.1) is 12.1 Å². The Labute approximate surface area is 113 Å². The Hall–Kier alpha value is -1.84. The number of nitrogens with zero attached hydrogens (tertiary/aromatic N) is 2. The molecule has 1 saturated carbocycles. The van der Waals surface area contributed by atoms with Crippen molar-refractivity contribution in [1.82, 2.24) is 4.90 Å². The molecule has 0 amide bonds. The van der Waals surface area contributed by atoms with E-state index < -0.39 is 0 Å². The molecule has 1 fully saturated rings. The van der Waals surface area contributed by atoms with Crippen LogP contribution in [0.15, 0.2) is 29.3 Å². The number of nitrogens with two attached hydrogens (primary N) is 1.